The molecular formula is C19H18BrN3O2. The van der Waals surface area contributed by atoms with Gasteiger partial charge in [-0.05, 0) is 52.9 Å². The minimum Gasteiger partial charge on any atom is -0.444 e. The van der Waals surface area contributed by atoms with Gasteiger partial charge in [-0.2, -0.15) is 5.10 Å². The highest BCUT2D eigenvalue weighted by molar-refractivity contribution is 9.10. The van der Waals surface area contributed by atoms with Gasteiger partial charge >= 0.3 is 0 Å². The number of nitrogens with zero attached hydrogens (tertiary/aromatic N) is 2. The first-order chi connectivity index (χ1) is 12.2. The van der Waals surface area contributed by atoms with Crippen LogP contribution in [0.25, 0.3) is 0 Å². The van der Waals surface area contributed by atoms with Gasteiger partial charge in [-0.3, -0.25) is 9.48 Å². The number of furan rings is 1. The van der Waals surface area contributed by atoms with E-state index in [2.05, 4.69) is 38.5 Å². The average Bonchev–Trinajstić information content (AvgIpc) is 3.23. The maximum absolute atomic E-state index is 12.4. The Morgan fingerprint density at radius 3 is 2.88 bits per heavy atom. The number of halogens is 1. The standard InChI is InChI=1S/C19H18BrN3O2/c20-18-10-9-17(25-18)19(24)22-15-7-4-8-16-14(15)11-21-23(16)12-13-5-2-1-3-6-13/h1-3,5-6,9-11,15H,4,7-8,12H2,(H,22,24). The normalized spacial score (nSPS) is 16.4. The lowest BCUT2D eigenvalue weighted by molar-refractivity contribution is 0.0903. The van der Waals surface area contributed by atoms with E-state index >= 15 is 0 Å². The Balaban J connectivity index is 1.53. The highest BCUT2D eigenvalue weighted by atomic mass is 79.9. The first-order valence-electron chi connectivity index (χ1n) is 8.35. The number of benzene rings is 1. The zero-order valence-corrected chi connectivity index (χ0v) is 15.2. The maximum Gasteiger partial charge on any atom is 0.287 e. The van der Waals surface area contributed by atoms with Gasteiger partial charge in [-0.25, -0.2) is 0 Å². The summed E-state index contributed by atoms with van der Waals surface area (Å²) in [6.07, 6.45) is 4.82. The lowest BCUT2D eigenvalue weighted by Crippen LogP contribution is -2.30. The van der Waals surface area contributed by atoms with Gasteiger partial charge in [0.1, 0.15) is 0 Å². The van der Waals surface area contributed by atoms with Crippen LogP contribution in [-0.4, -0.2) is 15.7 Å². The van der Waals surface area contributed by atoms with E-state index in [1.165, 1.54) is 11.3 Å². The van der Waals surface area contributed by atoms with E-state index in [4.69, 9.17) is 4.42 Å². The van der Waals surface area contributed by atoms with Crippen LogP contribution in [0.1, 0.15) is 46.3 Å². The second-order valence-corrected chi connectivity index (χ2v) is 6.99. The van der Waals surface area contributed by atoms with Crippen LogP contribution in [0.3, 0.4) is 0 Å². The topological polar surface area (TPSA) is 60.1 Å². The van der Waals surface area contributed by atoms with Crippen molar-refractivity contribution < 1.29 is 9.21 Å². The number of aromatic nitrogens is 2. The van der Waals surface area contributed by atoms with Gasteiger partial charge in [0.2, 0.25) is 0 Å². The van der Waals surface area contributed by atoms with Gasteiger partial charge in [0.05, 0.1) is 18.8 Å². The van der Waals surface area contributed by atoms with Gasteiger partial charge in [0, 0.05) is 11.3 Å². The number of fused-ring (bicyclic) bond motifs is 1. The second-order valence-electron chi connectivity index (χ2n) is 6.21. The molecule has 6 heteroatoms. The molecule has 0 bridgehead atoms. The molecule has 0 fully saturated rings. The van der Waals surface area contributed by atoms with Crippen LogP contribution in [0.5, 0.6) is 0 Å². The molecule has 1 amide bonds. The van der Waals surface area contributed by atoms with Gasteiger partial charge in [0.25, 0.3) is 5.91 Å². The zero-order valence-electron chi connectivity index (χ0n) is 13.6. The average molecular weight is 400 g/mol. The number of hydrogen-bond acceptors (Lipinski definition) is 3. The van der Waals surface area contributed by atoms with Crippen LogP contribution in [0, 0.1) is 0 Å². The molecule has 1 aromatic carbocycles. The van der Waals surface area contributed by atoms with Gasteiger partial charge < -0.3 is 9.73 Å². The molecule has 2 heterocycles. The zero-order chi connectivity index (χ0) is 17.2. The highest BCUT2D eigenvalue weighted by Crippen LogP contribution is 2.30. The molecule has 0 saturated carbocycles. The van der Waals surface area contributed by atoms with E-state index < -0.39 is 0 Å². The molecule has 128 valence electrons. The predicted molar refractivity (Wildman–Crippen MR) is 97.3 cm³/mol. The predicted octanol–water partition coefficient (Wildman–Crippen LogP) is 4.09. The first kappa shape index (κ1) is 16.1. The number of amides is 1. The molecule has 5 nitrogen and oxygen atoms in total. The number of carbonyl (C=O) groups excluding carboxylic acids is 1. The smallest absolute Gasteiger partial charge is 0.287 e. The van der Waals surface area contributed by atoms with E-state index in [0.29, 0.717) is 10.4 Å². The Kier molecular flexibility index (Phi) is 4.44. The molecule has 0 aliphatic heterocycles. The number of nitrogens with one attached hydrogen (secondary N) is 1. The highest BCUT2D eigenvalue weighted by Gasteiger charge is 2.26. The summed E-state index contributed by atoms with van der Waals surface area (Å²) >= 11 is 3.23. The van der Waals surface area contributed by atoms with Crippen molar-refractivity contribution in [1.82, 2.24) is 15.1 Å². The quantitative estimate of drug-likeness (QED) is 0.718. The van der Waals surface area contributed by atoms with Crippen LogP contribution in [0.15, 0.2) is 57.7 Å². The number of hydrogen-bond donors (Lipinski definition) is 1. The Bertz CT molecular complexity index is 885. The summed E-state index contributed by atoms with van der Waals surface area (Å²) in [6, 6.07) is 13.7. The molecule has 4 rings (SSSR count). The van der Waals surface area contributed by atoms with Crippen LogP contribution in [0.4, 0.5) is 0 Å². The Labute approximate surface area is 154 Å². The Morgan fingerprint density at radius 1 is 1.28 bits per heavy atom. The van der Waals surface area contributed by atoms with Crippen LogP contribution in [-0.2, 0) is 13.0 Å². The first-order valence-corrected chi connectivity index (χ1v) is 9.15. The Morgan fingerprint density at radius 2 is 2.12 bits per heavy atom. The molecule has 1 unspecified atom stereocenters. The molecule has 25 heavy (non-hydrogen) atoms. The van der Waals surface area contributed by atoms with Gasteiger partial charge in [-0.15, -0.1) is 0 Å². The fourth-order valence-corrected chi connectivity index (χ4v) is 3.63. The molecule has 1 aliphatic carbocycles. The van der Waals surface area contributed by atoms with Crippen molar-refractivity contribution in [2.24, 2.45) is 0 Å². The van der Waals surface area contributed by atoms with Crippen molar-refractivity contribution in [2.45, 2.75) is 31.8 Å². The van der Waals surface area contributed by atoms with E-state index in [1.54, 1.807) is 12.1 Å². The summed E-state index contributed by atoms with van der Waals surface area (Å²) in [7, 11) is 0. The molecule has 1 N–H and O–H groups in total. The molecule has 0 saturated heterocycles. The lowest BCUT2D eigenvalue weighted by atomic mass is 9.93. The molecule has 1 atom stereocenters. The van der Waals surface area contributed by atoms with Crippen LogP contribution in [0.2, 0.25) is 0 Å². The third-order valence-electron chi connectivity index (χ3n) is 4.54. The fraction of sp³-hybridized carbons (Fsp3) is 0.263. The van der Waals surface area contributed by atoms with Crippen molar-refractivity contribution in [3.63, 3.8) is 0 Å². The molecule has 0 spiro atoms. The molecule has 0 radical (unpaired) electrons. The largest absolute Gasteiger partial charge is 0.444 e. The minimum absolute atomic E-state index is 0.0235. The lowest BCUT2D eigenvalue weighted by Gasteiger charge is -2.24. The van der Waals surface area contributed by atoms with Crippen molar-refractivity contribution in [2.75, 3.05) is 0 Å². The summed E-state index contributed by atoms with van der Waals surface area (Å²) in [5.74, 6) is 0.120. The molecule has 3 aromatic rings. The summed E-state index contributed by atoms with van der Waals surface area (Å²) in [6.45, 7) is 0.752. The number of rotatable bonds is 4. The SMILES string of the molecule is O=C(NC1CCCc2c1cnn2Cc1ccccc1)c1ccc(Br)o1. The van der Waals surface area contributed by atoms with Crippen molar-refractivity contribution in [3.05, 3.63) is 75.9 Å². The van der Waals surface area contributed by atoms with Crippen LogP contribution < -0.4 is 5.32 Å². The van der Waals surface area contributed by atoms with Gasteiger partial charge in [0.15, 0.2) is 10.4 Å². The Hall–Kier alpha value is -2.34. The van der Waals surface area contributed by atoms with E-state index in [9.17, 15) is 4.79 Å². The second kappa shape index (κ2) is 6.88. The van der Waals surface area contributed by atoms with Crippen LogP contribution >= 0.6 is 15.9 Å². The molecule has 1 aliphatic rings. The van der Waals surface area contributed by atoms with Crippen molar-refractivity contribution in [3.8, 4) is 0 Å². The molecule has 2 aromatic heterocycles. The van der Waals surface area contributed by atoms with Crippen molar-refractivity contribution >= 4 is 21.8 Å². The third-order valence-corrected chi connectivity index (χ3v) is 4.97. The maximum atomic E-state index is 12.4. The summed E-state index contributed by atoms with van der Waals surface area (Å²) in [4.78, 5) is 12.4. The van der Waals surface area contributed by atoms with Gasteiger partial charge in [-0.1, -0.05) is 30.3 Å². The van der Waals surface area contributed by atoms with E-state index in [-0.39, 0.29) is 11.9 Å². The van der Waals surface area contributed by atoms with E-state index in [0.717, 1.165) is 31.4 Å². The summed E-state index contributed by atoms with van der Waals surface area (Å²) in [5, 5.41) is 7.64. The summed E-state index contributed by atoms with van der Waals surface area (Å²) in [5.41, 5.74) is 3.54. The summed E-state index contributed by atoms with van der Waals surface area (Å²) < 4.78 is 7.94. The fourth-order valence-electron chi connectivity index (χ4n) is 3.33. The molecular weight excluding hydrogens is 382 g/mol. The van der Waals surface area contributed by atoms with Crippen molar-refractivity contribution in [1.29, 1.82) is 0 Å². The monoisotopic (exact) mass is 399 g/mol. The third kappa shape index (κ3) is 3.39. The minimum atomic E-state index is -0.195. The van der Waals surface area contributed by atoms with E-state index in [1.807, 2.05) is 29.1 Å². The number of carbonyl (C=O) groups is 1.